The Balaban J connectivity index is 2.05. The molecule has 96 valence electrons. The van der Waals surface area contributed by atoms with Crippen molar-refractivity contribution in [2.24, 2.45) is 0 Å². The number of hydrogen-bond acceptors (Lipinski definition) is 4. The van der Waals surface area contributed by atoms with E-state index in [1.54, 1.807) is 21.6 Å². The van der Waals surface area contributed by atoms with E-state index in [0.29, 0.717) is 17.6 Å². The third-order valence-corrected chi connectivity index (χ3v) is 2.94. The Hall–Kier alpha value is -2.50. The molecule has 0 aliphatic heterocycles. The Morgan fingerprint density at radius 1 is 1.26 bits per heavy atom. The molecule has 0 radical (unpaired) electrons. The van der Waals surface area contributed by atoms with E-state index in [2.05, 4.69) is 15.1 Å². The molecule has 3 rings (SSSR count). The molecule has 0 atom stereocenters. The van der Waals surface area contributed by atoms with Gasteiger partial charge in [0.15, 0.2) is 5.65 Å². The van der Waals surface area contributed by atoms with Crippen LogP contribution >= 0.6 is 0 Å². The van der Waals surface area contributed by atoms with Gasteiger partial charge in [0.05, 0.1) is 12.2 Å². The maximum Gasteiger partial charge on any atom is 0.264 e. The van der Waals surface area contributed by atoms with Crippen molar-refractivity contribution in [2.75, 3.05) is 0 Å². The first-order valence-corrected chi connectivity index (χ1v) is 6.10. The topological polar surface area (TPSA) is 65.6 Å². The summed E-state index contributed by atoms with van der Waals surface area (Å²) in [6, 6.07) is 5.62. The van der Waals surface area contributed by atoms with Crippen LogP contribution in [0.15, 0.2) is 41.7 Å². The average Bonchev–Trinajstić information content (AvgIpc) is 2.87. The van der Waals surface area contributed by atoms with E-state index in [9.17, 15) is 4.79 Å². The molecule has 19 heavy (non-hydrogen) atoms. The van der Waals surface area contributed by atoms with E-state index in [4.69, 9.17) is 0 Å². The van der Waals surface area contributed by atoms with Gasteiger partial charge in [0.2, 0.25) is 0 Å². The minimum Gasteiger partial charge on any atom is -0.292 e. The number of aromatic nitrogens is 5. The summed E-state index contributed by atoms with van der Waals surface area (Å²) in [5.74, 6) is 0. The Bertz CT molecular complexity index is 760. The molecule has 3 aromatic rings. The number of hydrogen-bond donors (Lipinski definition) is 0. The number of nitrogens with zero attached hydrogens (tertiary/aromatic N) is 5. The zero-order valence-corrected chi connectivity index (χ0v) is 10.5. The number of aryl methyl sites for hydroxylation is 1. The molecule has 0 aliphatic rings. The molecule has 0 saturated heterocycles. The van der Waals surface area contributed by atoms with Crippen LogP contribution in [0.4, 0.5) is 0 Å². The first kappa shape index (κ1) is 11.6. The molecule has 0 bridgehead atoms. The molecule has 0 unspecified atom stereocenters. The maximum absolute atomic E-state index is 12.3. The molecule has 3 aromatic heterocycles. The Kier molecular flexibility index (Phi) is 2.83. The quantitative estimate of drug-likeness (QED) is 0.701. The molecule has 0 spiro atoms. The second-order valence-corrected chi connectivity index (χ2v) is 4.22. The molecule has 0 saturated carbocycles. The largest absolute Gasteiger partial charge is 0.292 e. The van der Waals surface area contributed by atoms with Crippen LogP contribution < -0.4 is 5.56 Å². The van der Waals surface area contributed by atoms with Crippen LogP contribution in [0, 0.1) is 0 Å². The van der Waals surface area contributed by atoms with E-state index in [1.807, 2.05) is 25.1 Å². The smallest absolute Gasteiger partial charge is 0.264 e. The number of rotatable bonds is 3. The van der Waals surface area contributed by atoms with E-state index < -0.39 is 0 Å². The van der Waals surface area contributed by atoms with Crippen molar-refractivity contribution in [2.45, 2.75) is 20.0 Å². The fourth-order valence-electron chi connectivity index (χ4n) is 1.93. The van der Waals surface area contributed by atoms with Crippen molar-refractivity contribution in [1.82, 2.24) is 24.3 Å². The molecule has 0 N–H and O–H groups in total. The van der Waals surface area contributed by atoms with Crippen molar-refractivity contribution in [3.8, 4) is 0 Å². The lowest BCUT2D eigenvalue weighted by molar-refractivity contribution is 0.665. The van der Waals surface area contributed by atoms with Crippen LogP contribution in [0.1, 0.15) is 12.6 Å². The fraction of sp³-hybridized carbons (Fsp3) is 0.231. The van der Waals surface area contributed by atoms with Gasteiger partial charge in [-0.1, -0.05) is 6.07 Å². The Labute approximate surface area is 109 Å². The van der Waals surface area contributed by atoms with Gasteiger partial charge >= 0.3 is 0 Å². The van der Waals surface area contributed by atoms with Gasteiger partial charge in [-0.15, -0.1) is 0 Å². The highest BCUT2D eigenvalue weighted by atomic mass is 16.1. The van der Waals surface area contributed by atoms with Crippen molar-refractivity contribution >= 4 is 11.0 Å². The first-order valence-electron chi connectivity index (χ1n) is 6.10. The van der Waals surface area contributed by atoms with Gasteiger partial charge in [-0.3, -0.25) is 19.0 Å². The van der Waals surface area contributed by atoms with Crippen LogP contribution in [0.2, 0.25) is 0 Å². The van der Waals surface area contributed by atoms with E-state index in [1.165, 1.54) is 6.33 Å². The van der Waals surface area contributed by atoms with Crippen LogP contribution in [0.5, 0.6) is 0 Å². The summed E-state index contributed by atoms with van der Waals surface area (Å²) in [5.41, 5.74) is 1.23. The predicted octanol–water partition coefficient (Wildman–Crippen LogP) is 1.06. The average molecular weight is 255 g/mol. The van der Waals surface area contributed by atoms with E-state index in [-0.39, 0.29) is 5.56 Å². The second kappa shape index (κ2) is 4.64. The summed E-state index contributed by atoms with van der Waals surface area (Å²) < 4.78 is 3.26. The van der Waals surface area contributed by atoms with Crippen LogP contribution in [-0.4, -0.2) is 24.3 Å². The van der Waals surface area contributed by atoms with Gasteiger partial charge in [-0.05, 0) is 19.1 Å². The second-order valence-electron chi connectivity index (χ2n) is 4.22. The van der Waals surface area contributed by atoms with Gasteiger partial charge in [-0.25, -0.2) is 4.98 Å². The van der Waals surface area contributed by atoms with Gasteiger partial charge in [0.1, 0.15) is 11.7 Å². The highest BCUT2D eigenvalue weighted by Crippen LogP contribution is 2.04. The van der Waals surface area contributed by atoms with Crippen molar-refractivity contribution in [3.05, 3.63) is 53.0 Å². The summed E-state index contributed by atoms with van der Waals surface area (Å²) in [7, 11) is 0. The third kappa shape index (κ3) is 2.12. The lowest BCUT2D eigenvalue weighted by atomic mass is 10.3. The van der Waals surface area contributed by atoms with Crippen molar-refractivity contribution in [3.63, 3.8) is 0 Å². The van der Waals surface area contributed by atoms with Gasteiger partial charge < -0.3 is 0 Å². The summed E-state index contributed by atoms with van der Waals surface area (Å²) >= 11 is 0. The number of fused-ring (bicyclic) bond motifs is 1. The van der Waals surface area contributed by atoms with Crippen LogP contribution in [-0.2, 0) is 13.1 Å². The summed E-state index contributed by atoms with van der Waals surface area (Å²) in [6.45, 7) is 3.11. The molecular formula is C13H13N5O. The minimum absolute atomic E-state index is 0.0876. The summed E-state index contributed by atoms with van der Waals surface area (Å²) in [5, 5.41) is 4.76. The lowest BCUT2D eigenvalue weighted by Crippen LogP contribution is -2.21. The zero-order chi connectivity index (χ0) is 13.2. The zero-order valence-electron chi connectivity index (χ0n) is 10.5. The molecule has 6 heteroatoms. The molecular weight excluding hydrogens is 242 g/mol. The monoisotopic (exact) mass is 255 g/mol. The highest BCUT2D eigenvalue weighted by Gasteiger charge is 2.08. The highest BCUT2D eigenvalue weighted by molar-refractivity contribution is 5.72. The molecule has 0 aromatic carbocycles. The molecule has 0 aliphatic carbocycles. The van der Waals surface area contributed by atoms with Gasteiger partial charge in [0, 0.05) is 18.9 Å². The van der Waals surface area contributed by atoms with E-state index in [0.717, 1.165) is 12.2 Å². The van der Waals surface area contributed by atoms with Gasteiger partial charge in [-0.2, -0.15) is 5.10 Å². The molecule has 0 amide bonds. The van der Waals surface area contributed by atoms with Crippen molar-refractivity contribution < 1.29 is 0 Å². The van der Waals surface area contributed by atoms with Crippen LogP contribution in [0.3, 0.4) is 0 Å². The normalized spacial score (nSPS) is 11.0. The van der Waals surface area contributed by atoms with Gasteiger partial charge in [0.25, 0.3) is 5.56 Å². The fourth-order valence-corrected chi connectivity index (χ4v) is 1.93. The Morgan fingerprint density at radius 3 is 2.89 bits per heavy atom. The van der Waals surface area contributed by atoms with Crippen LogP contribution in [0.25, 0.3) is 11.0 Å². The first-order chi connectivity index (χ1) is 9.28. The van der Waals surface area contributed by atoms with Crippen molar-refractivity contribution in [1.29, 1.82) is 0 Å². The number of pyridine rings is 1. The minimum atomic E-state index is -0.0876. The SMILES string of the molecule is CCn1cc2c(=O)n(Cc3ccccn3)cnc2n1. The summed E-state index contributed by atoms with van der Waals surface area (Å²) in [6.07, 6.45) is 4.97. The summed E-state index contributed by atoms with van der Waals surface area (Å²) in [4.78, 5) is 20.7. The molecule has 0 fully saturated rings. The molecule has 6 nitrogen and oxygen atoms in total. The predicted molar refractivity (Wildman–Crippen MR) is 70.8 cm³/mol. The lowest BCUT2D eigenvalue weighted by Gasteiger charge is -2.03. The Morgan fingerprint density at radius 2 is 2.16 bits per heavy atom. The molecule has 3 heterocycles. The standard InChI is InChI=1S/C13H13N5O/c1-2-18-8-11-12(16-18)15-9-17(13(11)19)7-10-5-3-4-6-14-10/h3-6,8-9H,2,7H2,1H3. The third-order valence-electron chi connectivity index (χ3n) is 2.94. The van der Waals surface area contributed by atoms with E-state index >= 15 is 0 Å². The maximum atomic E-state index is 12.3.